The summed E-state index contributed by atoms with van der Waals surface area (Å²) in [6, 6.07) is 1.48. The summed E-state index contributed by atoms with van der Waals surface area (Å²) in [6.07, 6.45) is 1.04. The van der Waals surface area contributed by atoms with Gasteiger partial charge < -0.3 is 19.7 Å². The summed E-state index contributed by atoms with van der Waals surface area (Å²) in [5.41, 5.74) is 0.288. The maximum atomic E-state index is 11.8. The fourth-order valence-electron chi connectivity index (χ4n) is 1.43. The molecule has 0 aliphatic rings. The number of carboxylic acid groups (broad SMARTS) is 1. The average Bonchev–Trinajstić information content (AvgIpc) is 2.75. The van der Waals surface area contributed by atoms with Gasteiger partial charge in [-0.25, -0.2) is 0 Å². The van der Waals surface area contributed by atoms with E-state index in [1.54, 1.807) is 0 Å². The van der Waals surface area contributed by atoms with E-state index in [-0.39, 0.29) is 23.7 Å². The van der Waals surface area contributed by atoms with Crippen molar-refractivity contribution in [3.8, 4) is 0 Å². The summed E-state index contributed by atoms with van der Waals surface area (Å²) in [4.78, 5) is 24.4. The molecule has 0 bridgehead atoms. The SMILES string of the molecule is CCN(C)CCNC(=O)c1ccoc1CC(=O)O. The van der Waals surface area contributed by atoms with Crippen molar-refractivity contribution in [3.63, 3.8) is 0 Å². The van der Waals surface area contributed by atoms with Crippen LogP contribution in [0.2, 0.25) is 0 Å². The highest BCUT2D eigenvalue weighted by atomic mass is 16.4. The molecule has 0 aromatic carbocycles. The van der Waals surface area contributed by atoms with E-state index in [1.165, 1.54) is 12.3 Å². The molecule has 1 rings (SSSR count). The van der Waals surface area contributed by atoms with E-state index in [9.17, 15) is 9.59 Å². The minimum Gasteiger partial charge on any atom is -0.481 e. The van der Waals surface area contributed by atoms with Crippen molar-refractivity contribution >= 4 is 11.9 Å². The van der Waals surface area contributed by atoms with Gasteiger partial charge in [0.2, 0.25) is 0 Å². The Morgan fingerprint density at radius 2 is 2.22 bits per heavy atom. The minimum atomic E-state index is -1.02. The van der Waals surface area contributed by atoms with E-state index in [1.807, 2.05) is 14.0 Å². The van der Waals surface area contributed by atoms with Crippen molar-refractivity contribution in [3.05, 3.63) is 23.7 Å². The van der Waals surface area contributed by atoms with Crippen LogP contribution in [0.15, 0.2) is 16.7 Å². The Kier molecular flexibility index (Phi) is 5.38. The second kappa shape index (κ2) is 6.80. The highest BCUT2D eigenvalue weighted by molar-refractivity contribution is 5.95. The van der Waals surface area contributed by atoms with E-state index >= 15 is 0 Å². The molecule has 1 heterocycles. The van der Waals surface area contributed by atoms with Gasteiger partial charge in [-0.1, -0.05) is 6.92 Å². The maximum absolute atomic E-state index is 11.8. The third-order valence-corrected chi connectivity index (χ3v) is 2.62. The molecule has 0 spiro atoms. The standard InChI is InChI=1S/C12H18N2O4/c1-3-14(2)6-5-13-12(17)9-4-7-18-10(9)8-11(15)16/h4,7H,3,5-6,8H2,1-2H3,(H,13,17)(H,15,16). The molecule has 0 aliphatic carbocycles. The summed E-state index contributed by atoms with van der Waals surface area (Å²) in [5, 5.41) is 11.4. The van der Waals surface area contributed by atoms with Crippen molar-refractivity contribution in [2.75, 3.05) is 26.7 Å². The number of amides is 1. The number of nitrogens with one attached hydrogen (secondary N) is 1. The molecule has 0 saturated heterocycles. The van der Waals surface area contributed by atoms with Crippen LogP contribution < -0.4 is 5.32 Å². The van der Waals surface area contributed by atoms with Gasteiger partial charge >= 0.3 is 5.97 Å². The monoisotopic (exact) mass is 254 g/mol. The van der Waals surface area contributed by atoms with Gasteiger partial charge in [0.1, 0.15) is 12.2 Å². The summed E-state index contributed by atoms with van der Waals surface area (Å²) in [7, 11) is 1.96. The average molecular weight is 254 g/mol. The molecule has 18 heavy (non-hydrogen) atoms. The number of nitrogens with zero attached hydrogens (tertiary/aromatic N) is 1. The molecular formula is C12H18N2O4. The first-order valence-electron chi connectivity index (χ1n) is 5.79. The van der Waals surface area contributed by atoms with Gasteiger partial charge in [0.25, 0.3) is 5.91 Å². The van der Waals surface area contributed by atoms with Gasteiger partial charge in [0.05, 0.1) is 11.8 Å². The number of carbonyl (C=O) groups excluding carboxylic acids is 1. The molecule has 0 fully saturated rings. The quantitative estimate of drug-likeness (QED) is 0.744. The third-order valence-electron chi connectivity index (χ3n) is 2.62. The second-order valence-electron chi connectivity index (χ2n) is 3.98. The topological polar surface area (TPSA) is 82.8 Å². The van der Waals surface area contributed by atoms with Crippen LogP contribution in [0.1, 0.15) is 23.0 Å². The normalized spacial score (nSPS) is 10.6. The van der Waals surface area contributed by atoms with Crippen LogP contribution in [-0.4, -0.2) is 48.6 Å². The molecule has 1 amide bonds. The fraction of sp³-hybridized carbons (Fsp3) is 0.500. The molecule has 1 aromatic heterocycles. The molecule has 100 valence electrons. The predicted molar refractivity (Wildman–Crippen MR) is 65.6 cm³/mol. The Balaban J connectivity index is 2.51. The van der Waals surface area contributed by atoms with Crippen LogP contribution in [0.5, 0.6) is 0 Å². The molecule has 0 radical (unpaired) electrons. The molecule has 0 unspecified atom stereocenters. The van der Waals surface area contributed by atoms with Gasteiger partial charge in [0, 0.05) is 13.1 Å². The molecule has 0 atom stereocenters. The summed E-state index contributed by atoms with van der Waals surface area (Å²) in [6.45, 7) is 4.20. The molecule has 6 nitrogen and oxygen atoms in total. The van der Waals surface area contributed by atoms with Crippen molar-refractivity contribution in [1.29, 1.82) is 0 Å². The Morgan fingerprint density at radius 3 is 2.83 bits per heavy atom. The van der Waals surface area contributed by atoms with Gasteiger partial charge in [-0.05, 0) is 19.7 Å². The van der Waals surface area contributed by atoms with Crippen LogP contribution in [-0.2, 0) is 11.2 Å². The van der Waals surface area contributed by atoms with Crippen LogP contribution >= 0.6 is 0 Å². The lowest BCUT2D eigenvalue weighted by molar-refractivity contribution is -0.136. The smallest absolute Gasteiger partial charge is 0.311 e. The van der Waals surface area contributed by atoms with E-state index in [0.717, 1.165) is 13.1 Å². The van der Waals surface area contributed by atoms with E-state index in [0.29, 0.717) is 6.54 Å². The lowest BCUT2D eigenvalue weighted by atomic mass is 10.2. The molecule has 2 N–H and O–H groups in total. The second-order valence-corrected chi connectivity index (χ2v) is 3.98. The van der Waals surface area contributed by atoms with E-state index in [2.05, 4.69) is 10.2 Å². The molecular weight excluding hydrogens is 236 g/mol. The number of carboxylic acids is 1. The summed E-state index contributed by atoms with van der Waals surface area (Å²) < 4.78 is 4.99. The highest BCUT2D eigenvalue weighted by Gasteiger charge is 2.16. The number of rotatable bonds is 7. The van der Waals surface area contributed by atoms with Crippen LogP contribution in [0, 0.1) is 0 Å². The number of likely N-dealkylation sites (N-methyl/N-ethyl adjacent to an activating group) is 1. The number of furan rings is 1. The summed E-state index contributed by atoms with van der Waals surface area (Å²) >= 11 is 0. The molecule has 6 heteroatoms. The first-order chi connectivity index (χ1) is 8.54. The highest BCUT2D eigenvalue weighted by Crippen LogP contribution is 2.11. The number of carbonyl (C=O) groups is 2. The Bertz CT molecular complexity index is 414. The van der Waals surface area contributed by atoms with E-state index < -0.39 is 5.97 Å². The Hall–Kier alpha value is -1.82. The molecule has 0 saturated carbocycles. The van der Waals surface area contributed by atoms with Gasteiger partial charge in [0.15, 0.2) is 0 Å². The zero-order valence-corrected chi connectivity index (χ0v) is 10.6. The predicted octanol–water partition coefficient (Wildman–Crippen LogP) is 0.588. The van der Waals surface area contributed by atoms with Crippen molar-refractivity contribution in [1.82, 2.24) is 10.2 Å². The zero-order valence-electron chi connectivity index (χ0n) is 10.6. The van der Waals surface area contributed by atoms with Crippen molar-refractivity contribution in [2.24, 2.45) is 0 Å². The van der Waals surface area contributed by atoms with Crippen LogP contribution in [0.4, 0.5) is 0 Å². The van der Waals surface area contributed by atoms with Crippen LogP contribution in [0.3, 0.4) is 0 Å². The number of aliphatic carboxylic acids is 1. The Labute approximate surface area is 106 Å². The van der Waals surface area contributed by atoms with Gasteiger partial charge in [-0.15, -0.1) is 0 Å². The first-order valence-corrected chi connectivity index (χ1v) is 5.79. The lowest BCUT2D eigenvalue weighted by Crippen LogP contribution is -2.33. The van der Waals surface area contributed by atoms with Gasteiger partial charge in [-0.2, -0.15) is 0 Å². The minimum absolute atomic E-state index is 0.184. The largest absolute Gasteiger partial charge is 0.481 e. The first kappa shape index (κ1) is 14.2. The zero-order chi connectivity index (χ0) is 13.5. The molecule has 0 aliphatic heterocycles. The van der Waals surface area contributed by atoms with Crippen molar-refractivity contribution in [2.45, 2.75) is 13.3 Å². The maximum Gasteiger partial charge on any atom is 0.311 e. The third kappa shape index (κ3) is 4.21. The molecule has 1 aromatic rings. The van der Waals surface area contributed by atoms with E-state index in [4.69, 9.17) is 9.52 Å². The van der Waals surface area contributed by atoms with Crippen molar-refractivity contribution < 1.29 is 19.1 Å². The fourth-order valence-corrected chi connectivity index (χ4v) is 1.43. The summed E-state index contributed by atoms with van der Waals surface area (Å²) in [5.74, 6) is -1.14. The van der Waals surface area contributed by atoms with Crippen LogP contribution in [0.25, 0.3) is 0 Å². The lowest BCUT2D eigenvalue weighted by Gasteiger charge is -2.13. The van der Waals surface area contributed by atoms with Gasteiger partial charge in [-0.3, -0.25) is 9.59 Å². The Morgan fingerprint density at radius 1 is 1.50 bits per heavy atom. The number of hydrogen-bond donors (Lipinski definition) is 2. The number of hydrogen-bond acceptors (Lipinski definition) is 4.